The van der Waals surface area contributed by atoms with Crippen LogP contribution in [0.15, 0.2) is 47.2 Å². The Morgan fingerprint density at radius 2 is 2.13 bits per heavy atom. The lowest BCUT2D eigenvalue weighted by Crippen LogP contribution is -2.38. The van der Waals surface area contributed by atoms with Crippen molar-refractivity contribution in [1.29, 1.82) is 0 Å². The summed E-state index contributed by atoms with van der Waals surface area (Å²) in [5.41, 5.74) is 0. The molecule has 1 atom stereocenters. The molecule has 0 N–H and O–H groups in total. The minimum absolute atomic E-state index is 0.0374. The van der Waals surface area contributed by atoms with E-state index >= 15 is 0 Å². The van der Waals surface area contributed by atoms with Crippen molar-refractivity contribution >= 4 is 15.8 Å². The third-order valence-electron chi connectivity index (χ3n) is 3.79. The van der Waals surface area contributed by atoms with Gasteiger partial charge in [-0.1, -0.05) is 6.07 Å². The number of hydrogen-bond acceptors (Lipinski definition) is 5. The highest BCUT2D eigenvalue weighted by molar-refractivity contribution is 7.92. The van der Waals surface area contributed by atoms with Gasteiger partial charge in [0.2, 0.25) is 10.0 Å². The van der Waals surface area contributed by atoms with E-state index in [1.54, 1.807) is 36.5 Å². The summed E-state index contributed by atoms with van der Waals surface area (Å²) in [6, 6.07) is 8.70. The second kappa shape index (κ2) is 7.14. The topological polar surface area (TPSA) is 72.6 Å². The minimum atomic E-state index is -3.57. The van der Waals surface area contributed by atoms with Crippen LogP contribution in [0.1, 0.15) is 25.0 Å². The SMILES string of the molecule is O=S(=O)(C[C@H]1CCCCO1)N(Cc1ccco1)c1ccccn1. The van der Waals surface area contributed by atoms with Gasteiger partial charge in [0.25, 0.3) is 0 Å². The highest BCUT2D eigenvalue weighted by Crippen LogP contribution is 2.22. The van der Waals surface area contributed by atoms with Gasteiger partial charge in [0.05, 0.1) is 24.7 Å². The number of ether oxygens (including phenoxy) is 1. The van der Waals surface area contributed by atoms with E-state index in [-0.39, 0.29) is 18.4 Å². The van der Waals surface area contributed by atoms with Crippen molar-refractivity contribution in [2.24, 2.45) is 0 Å². The van der Waals surface area contributed by atoms with Crippen LogP contribution >= 0.6 is 0 Å². The molecule has 7 heteroatoms. The normalized spacial score (nSPS) is 18.7. The van der Waals surface area contributed by atoms with Gasteiger partial charge < -0.3 is 9.15 Å². The van der Waals surface area contributed by atoms with E-state index in [0.717, 1.165) is 19.3 Å². The van der Waals surface area contributed by atoms with Crippen LogP contribution in [-0.2, 0) is 21.3 Å². The number of rotatable bonds is 6. The maximum atomic E-state index is 12.9. The maximum Gasteiger partial charge on any atom is 0.239 e. The van der Waals surface area contributed by atoms with E-state index in [9.17, 15) is 8.42 Å². The number of sulfonamides is 1. The average Bonchev–Trinajstić information content (AvgIpc) is 3.07. The van der Waals surface area contributed by atoms with E-state index in [1.165, 1.54) is 10.6 Å². The zero-order valence-corrected chi connectivity index (χ0v) is 13.6. The molecular formula is C16H20N2O4S. The molecule has 0 amide bonds. The Balaban J connectivity index is 1.84. The summed E-state index contributed by atoms with van der Waals surface area (Å²) in [4.78, 5) is 4.18. The van der Waals surface area contributed by atoms with Gasteiger partial charge in [-0.25, -0.2) is 17.7 Å². The molecule has 124 valence electrons. The molecule has 0 spiro atoms. The summed E-state index contributed by atoms with van der Waals surface area (Å²) in [7, 11) is -3.57. The Hall–Kier alpha value is -1.86. The predicted octanol–water partition coefficient (Wildman–Crippen LogP) is 2.58. The van der Waals surface area contributed by atoms with Gasteiger partial charge in [-0.15, -0.1) is 0 Å². The zero-order valence-electron chi connectivity index (χ0n) is 12.8. The molecule has 1 aliphatic heterocycles. The number of anilines is 1. The van der Waals surface area contributed by atoms with Gasteiger partial charge in [-0.2, -0.15) is 0 Å². The van der Waals surface area contributed by atoms with Gasteiger partial charge in [-0.05, 0) is 43.5 Å². The molecular weight excluding hydrogens is 316 g/mol. The van der Waals surface area contributed by atoms with Crippen molar-refractivity contribution in [1.82, 2.24) is 4.98 Å². The quantitative estimate of drug-likeness (QED) is 0.811. The van der Waals surface area contributed by atoms with Crippen LogP contribution in [0.4, 0.5) is 5.82 Å². The molecule has 3 rings (SSSR count). The number of hydrogen-bond donors (Lipinski definition) is 0. The summed E-state index contributed by atoms with van der Waals surface area (Å²) in [5, 5.41) is 0. The van der Waals surface area contributed by atoms with E-state index in [2.05, 4.69) is 4.98 Å². The molecule has 1 fully saturated rings. The maximum absolute atomic E-state index is 12.9. The fourth-order valence-electron chi connectivity index (χ4n) is 2.63. The second-order valence-electron chi connectivity index (χ2n) is 5.54. The van der Waals surface area contributed by atoms with Crippen LogP contribution in [0, 0.1) is 0 Å². The average molecular weight is 336 g/mol. The van der Waals surface area contributed by atoms with Gasteiger partial charge in [0.1, 0.15) is 11.6 Å². The molecule has 3 heterocycles. The lowest BCUT2D eigenvalue weighted by molar-refractivity contribution is 0.0305. The summed E-state index contributed by atoms with van der Waals surface area (Å²) < 4.78 is 38.0. The Morgan fingerprint density at radius 1 is 1.22 bits per heavy atom. The van der Waals surface area contributed by atoms with Gasteiger partial charge in [0.15, 0.2) is 0 Å². The number of furan rings is 1. The monoisotopic (exact) mass is 336 g/mol. The third-order valence-corrected chi connectivity index (χ3v) is 5.57. The largest absolute Gasteiger partial charge is 0.467 e. The van der Waals surface area contributed by atoms with Crippen molar-refractivity contribution in [3.63, 3.8) is 0 Å². The number of pyridine rings is 1. The van der Waals surface area contributed by atoms with E-state index in [1.807, 2.05) is 0 Å². The first-order valence-electron chi connectivity index (χ1n) is 7.70. The first-order chi connectivity index (χ1) is 11.1. The molecule has 2 aromatic heterocycles. The number of aromatic nitrogens is 1. The first kappa shape index (κ1) is 16.0. The summed E-state index contributed by atoms with van der Waals surface area (Å²) in [6.45, 7) is 0.751. The van der Waals surface area contributed by atoms with E-state index < -0.39 is 10.0 Å². The zero-order chi connectivity index (χ0) is 16.1. The fourth-order valence-corrected chi connectivity index (χ4v) is 4.26. The molecule has 2 aromatic rings. The van der Waals surface area contributed by atoms with E-state index in [4.69, 9.17) is 9.15 Å². The van der Waals surface area contributed by atoms with Crippen LogP contribution in [0.25, 0.3) is 0 Å². The Kier molecular flexibility index (Phi) is 4.97. The summed E-state index contributed by atoms with van der Waals surface area (Å²) in [6.07, 6.45) is 5.63. The Labute approximate surface area is 136 Å². The molecule has 23 heavy (non-hydrogen) atoms. The minimum Gasteiger partial charge on any atom is -0.467 e. The van der Waals surface area contributed by atoms with Gasteiger partial charge in [-0.3, -0.25) is 0 Å². The molecule has 1 saturated heterocycles. The lowest BCUT2D eigenvalue weighted by Gasteiger charge is -2.27. The van der Waals surface area contributed by atoms with Gasteiger partial charge >= 0.3 is 0 Å². The van der Waals surface area contributed by atoms with Crippen LogP contribution in [0.5, 0.6) is 0 Å². The lowest BCUT2D eigenvalue weighted by atomic mass is 10.1. The molecule has 0 radical (unpaired) electrons. The van der Waals surface area contributed by atoms with Gasteiger partial charge in [0, 0.05) is 12.8 Å². The first-order valence-corrected chi connectivity index (χ1v) is 9.31. The second-order valence-corrected chi connectivity index (χ2v) is 7.48. The van der Waals surface area contributed by atoms with Crippen molar-refractivity contribution in [2.75, 3.05) is 16.7 Å². The Bertz CT molecular complexity index is 695. The van der Waals surface area contributed by atoms with Crippen LogP contribution in [0.3, 0.4) is 0 Å². The summed E-state index contributed by atoms with van der Waals surface area (Å²) >= 11 is 0. The third kappa shape index (κ3) is 4.11. The van der Waals surface area contributed by atoms with Crippen LogP contribution < -0.4 is 4.31 Å². The van der Waals surface area contributed by atoms with Crippen molar-refractivity contribution in [2.45, 2.75) is 31.9 Å². The van der Waals surface area contributed by atoms with Crippen molar-refractivity contribution in [3.8, 4) is 0 Å². The standard InChI is InChI=1S/C16H20N2O4S/c19-23(20,13-15-6-2-4-10-22-15)18(12-14-7-5-11-21-14)16-8-1-3-9-17-16/h1,3,5,7-9,11,15H,2,4,6,10,12-13H2/t15-/m1/s1. The molecule has 0 aromatic carbocycles. The van der Waals surface area contributed by atoms with Crippen LogP contribution in [-0.4, -0.2) is 31.9 Å². The van der Waals surface area contributed by atoms with Crippen molar-refractivity contribution in [3.05, 3.63) is 48.6 Å². The van der Waals surface area contributed by atoms with Crippen molar-refractivity contribution < 1.29 is 17.6 Å². The fraction of sp³-hybridized carbons (Fsp3) is 0.438. The molecule has 6 nitrogen and oxygen atoms in total. The highest BCUT2D eigenvalue weighted by Gasteiger charge is 2.29. The van der Waals surface area contributed by atoms with E-state index in [0.29, 0.717) is 18.2 Å². The smallest absolute Gasteiger partial charge is 0.239 e. The molecule has 0 unspecified atom stereocenters. The molecule has 0 aliphatic carbocycles. The molecule has 0 saturated carbocycles. The van der Waals surface area contributed by atoms with Crippen LogP contribution in [0.2, 0.25) is 0 Å². The predicted molar refractivity (Wildman–Crippen MR) is 86.5 cm³/mol. The molecule has 1 aliphatic rings. The highest BCUT2D eigenvalue weighted by atomic mass is 32.2. The molecule has 0 bridgehead atoms. The number of nitrogens with zero attached hydrogens (tertiary/aromatic N) is 2. The Morgan fingerprint density at radius 3 is 2.78 bits per heavy atom. The summed E-state index contributed by atoms with van der Waals surface area (Å²) in [5.74, 6) is 0.924.